The van der Waals surface area contributed by atoms with E-state index in [1.165, 1.54) is 11.6 Å². The Balaban J connectivity index is 2.03. The first-order valence-corrected chi connectivity index (χ1v) is 7.39. The highest BCUT2D eigenvalue weighted by Crippen LogP contribution is 2.33. The second kappa shape index (κ2) is 5.60. The highest BCUT2D eigenvalue weighted by molar-refractivity contribution is 5.46. The van der Waals surface area contributed by atoms with E-state index in [0.29, 0.717) is 18.3 Å². The van der Waals surface area contributed by atoms with E-state index in [0.717, 1.165) is 19.4 Å². The number of hydrogen-bond acceptors (Lipinski definition) is 4. The molecule has 0 spiro atoms. The lowest BCUT2D eigenvalue weighted by Crippen LogP contribution is -2.27. The van der Waals surface area contributed by atoms with Crippen molar-refractivity contribution in [1.82, 2.24) is 9.55 Å². The number of nitrogens with two attached hydrogens (primary N) is 1. The van der Waals surface area contributed by atoms with Gasteiger partial charge in [0.25, 0.3) is 5.56 Å². The summed E-state index contributed by atoms with van der Waals surface area (Å²) in [5, 5.41) is 0. The predicted octanol–water partition coefficient (Wildman–Crippen LogP) is 2.19. The van der Waals surface area contributed by atoms with Gasteiger partial charge in [-0.2, -0.15) is 4.98 Å². The molecule has 1 aromatic carbocycles. The van der Waals surface area contributed by atoms with Gasteiger partial charge in [-0.25, -0.2) is 0 Å². The first-order valence-electron chi connectivity index (χ1n) is 7.39. The summed E-state index contributed by atoms with van der Waals surface area (Å²) in [5.41, 5.74) is 6.89. The topological polar surface area (TPSA) is 64.2 Å². The van der Waals surface area contributed by atoms with Crippen LogP contribution in [0.2, 0.25) is 0 Å². The zero-order valence-electron chi connectivity index (χ0n) is 12.2. The summed E-state index contributed by atoms with van der Waals surface area (Å²) < 4.78 is 1.73. The molecule has 1 unspecified atom stereocenters. The molecule has 1 aliphatic rings. The van der Waals surface area contributed by atoms with Crippen LogP contribution in [0.15, 0.2) is 41.2 Å². The smallest absolute Gasteiger partial charge is 0.257 e. The minimum Gasteiger partial charge on any atom is -0.383 e. The number of hydrogen-bond donors (Lipinski definition) is 1. The van der Waals surface area contributed by atoms with Crippen molar-refractivity contribution in [2.75, 3.05) is 17.2 Å². The fraction of sp³-hybridized carbons (Fsp3) is 0.375. The van der Waals surface area contributed by atoms with E-state index >= 15 is 0 Å². The Morgan fingerprint density at radius 3 is 2.81 bits per heavy atom. The molecular formula is C16H20N4O. The van der Waals surface area contributed by atoms with Crippen molar-refractivity contribution in [3.63, 3.8) is 0 Å². The number of rotatable bonds is 4. The SMILES string of the molecule is CCCCN1c2nc(N)cc(=O)n2CC1c1ccccc1. The monoisotopic (exact) mass is 284 g/mol. The van der Waals surface area contributed by atoms with Crippen LogP contribution in [0.4, 0.5) is 11.8 Å². The average molecular weight is 284 g/mol. The summed E-state index contributed by atoms with van der Waals surface area (Å²) in [6.07, 6.45) is 2.17. The Morgan fingerprint density at radius 1 is 1.33 bits per heavy atom. The van der Waals surface area contributed by atoms with Gasteiger partial charge in [0.05, 0.1) is 12.6 Å². The van der Waals surface area contributed by atoms with Gasteiger partial charge in [0.15, 0.2) is 0 Å². The van der Waals surface area contributed by atoms with Gasteiger partial charge in [0.1, 0.15) is 5.82 Å². The average Bonchev–Trinajstić information content (AvgIpc) is 2.85. The quantitative estimate of drug-likeness (QED) is 0.934. The van der Waals surface area contributed by atoms with Crippen LogP contribution in [0.5, 0.6) is 0 Å². The van der Waals surface area contributed by atoms with Crippen LogP contribution in [0.3, 0.4) is 0 Å². The van der Waals surface area contributed by atoms with Gasteiger partial charge < -0.3 is 10.6 Å². The number of fused-ring (bicyclic) bond motifs is 1. The zero-order valence-corrected chi connectivity index (χ0v) is 12.2. The molecule has 5 heteroatoms. The van der Waals surface area contributed by atoms with Gasteiger partial charge in [-0.3, -0.25) is 9.36 Å². The van der Waals surface area contributed by atoms with E-state index < -0.39 is 0 Å². The highest BCUT2D eigenvalue weighted by Gasteiger charge is 2.32. The fourth-order valence-electron chi connectivity index (χ4n) is 2.86. The van der Waals surface area contributed by atoms with Crippen molar-refractivity contribution >= 4 is 11.8 Å². The Labute approximate surface area is 124 Å². The lowest BCUT2D eigenvalue weighted by atomic mass is 10.1. The maximum absolute atomic E-state index is 12.1. The van der Waals surface area contributed by atoms with Crippen molar-refractivity contribution in [2.24, 2.45) is 0 Å². The number of nitrogen functional groups attached to an aromatic ring is 1. The van der Waals surface area contributed by atoms with Gasteiger partial charge in [-0.15, -0.1) is 0 Å². The molecule has 0 aliphatic carbocycles. The Bertz CT molecular complexity index is 680. The molecule has 2 aromatic rings. The van der Waals surface area contributed by atoms with Gasteiger partial charge in [0, 0.05) is 12.6 Å². The van der Waals surface area contributed by atoms with Crippen LogP contribution in [0.25, 0.3) is 0 Å². The zero-order chi connectivity index (χ0) is 14.8. The fourth-order valence-corrected chi connectivity index (χ4v) is 2.86. The standard InChI is InChI=1S/C16H20N4O/c1-2-3-9-19-13(12-7-5-4-6-8-12)11-20-15(21)10-14(17)18-16(19)20/h4-8,10,13H,2-3,9,11,17H2,1H3. The molecule has 110 valence electrons. The van der Waals surface area contributed by atoms with Crippen molar-refractivity contribution in [2.45, 2.75) is 32.4 Å². The number of benzene rings is 1. The van der Waals surface area contributed by atoms with Gasteiger partial charge in [0.2, 0.25) is 5.95 Å². The largest absolute Gasteiger partial charge is 0.383 e. The van der Waals surface area contributed by atoms with E-state index in [-0.39, 0.29) is 11.6 Å². The lowest BCUT2D eigenvalue weighted by Gasteiger charge is -2.25. The van der Waals surface area contributed by atoms with Crippen LogP contribution in [0, 0.1) is 0 Å². The van der Waals surface area contributed by atoms with Gasteiger partial charge in [-0.05, 0) is 12.0 Å². The second-order valence-corrected chi connectivity index (χ2v) is 5.40. The maximum atomic E-state index is 12.1. The molecule has 0 saturated heterocycles. The Morgan fingerprint density at radius 2 is 2.10 bits per heavy atom. The summed E-state index contributed by atoms with van der Waals surface area (Å²) in [7, 11) is 0. The van der Waals surface area contributed by atoms with Crippen LogP contribution >= 0.6 is 0 Å². The molecule has 2 heterocycles. The normalized spacial score (nSPS) is 17.0. The van der Waals surface area contributed by atoms with Crippen LogP contribution < -0.4 is 16.2 Å². The van der Waals surface area contributed by atoms with Crippen molar-refractivity contribution < 1.29 is 0 Å². The molecule has 0 radical (unpaired) electrons. The molecule has 0 amide bonds. The van der Waals surface area contributed by atoms with Crippen LogP contribution in [-0.4, -0.2) is 16.1 Å². The summed E-state index contributed by atoms with van der Waals surface area (Å²) in [5.74, 6) is 0.990. The third-order valence-electron chi connectivity index (χ3n) is 3.93. The molecule has 5 nitrogen and oxygen atoms in total. The molecule has 3 rings (SSSR count). The van der Waals surface area contributed by atoms with Gasteiger partial charge >= 0.3 is 0 Å². The third kappa shape index (κ3) is 2.51. The number of unbranched alkanes of at least 4 members (excludes halogenated alkanes) is 1. The molecule has 1 atom stereocenters. The third-order valence-corrected chi connectivity index (χ3v) is 3.93. The Kier molecular flexibility index (Phi) is 3.64. The minimum absolute atomic E-state index is 0.0718. The number of anilines is 2. The molecule has 1 aromatic heterocycles. The van der Waals surface area contributed by atoms with E-state index in [2.05, 4.69) is 28.9 Å². The maximum Gasteiger partial charge on any atom is 0.257 e. The molecule has 2 N–H and O–H groups in total. The van der Waals surface area contributed by atoms with Crippen molar-refractivity contribution in [3.8, 4) is 0 Å². The summed E-state index contributed by atoms with van der Waals surface area (Å²) in [4.78, 5) is 18.7. The molecular weight excluding hydrogens is 264 g/mol. The molecule has 0 saturated carbocycles. The van der Waals surface area contributed by atoms with E-state index in [4.69, 9.17) is 5.73 Å². The minimum atomic E-state index is -0.0718. The highest BCUT2D eigenvalue weighted by atomic mass is 16.1. The molecule has 21 heavy (non-hydrogen) atoms. The molecule has 0 bridgehead atoms. The lowest BCUT2D eigenvalue weighted by molar-refractivity contribution is 0.590. The second-order valence-electron chi connectivity index (χ2n) is 5.40. The van der Waals surface area contributed by atoms with E-state index in [1.807, 2.05) is 18.2 Å². The van der Waals surface area contributed by atoms with E-state index in [1.54, 1.807) is 4.57 Å². The number of nitrogens with zero attached hydrogens (tertiary/aromatic N) is 3. The van der Waals surface area contributed by atoms with E-state index in [9.17, 15) is 4.79 Å². The summed E-state index contributed by atoms with van der Waals surface area (Å²) in [6.45, 7) is 3.68. The molecule has 1 aliphatic heterocycles. The summed E-state index contributed by atoms with van der Waals surface area (Å²) in [6, 6.07) is 11.8. The first-order chi connectivity index (χ1) is 10.2. The number of aromatic nitrogens is 2. The van der Waals surface area contributed by atoms with Gasteiger partial charge in [-0.1, -0.05) is 43.7 Å². The summed E-state index contributed by atoms with van der Waals surface area (Å²) >= 11 is 0. The first kappa shape index (κ1) is 13.7. The molecule has 0 fully saturated rings. The van der Waals surface area contributed by atoms with Crippen LogP contribution in [-0.2, 0) is 6.54 Å². The van der Waals surface area contributed by atoms with Crippen molar-refractivity contribution in [1.29, 1.82) is 0 Å². The Hall–Kier alpha value is -2.30. The van der Waals surface area contributed by atoms with Crippen LogP contribution in [0.1, 0.15) is 31.4 Å². The van der Waals surface area contributed by atoms with Crippen molar-refractivity contribution in [3.05, 3.63) is 52.3 Å². The predicted molar refractivity (Wildman–Crippen MR) is 84.3 cm³/mol.